The van der Waals surface area contributed by atoms with Gasteiger partial charge < -0.3 is 16.0 Å². The van der Waals surface area contributed by atoms with E-state index in [9.17, 15) is 4.79 Å². The molecule has 6 nitrogen and oxygen atoms in total. The van der Waals surface area contributed by atoms with Crippen LogP contribution in [0.5, 0.6) is 0 Å². The number of carbonyl (C=O) groups is 1. The van der Waals surface area contributed by atoms with Crippen molar-refractivity contribution >= 4 is 39.7 Å². The van der Waals surface area contributed by atoms with Gasteiger partial charge >= 0.3 is 0 Å². The Hall–Kier alpha value is -4.45. The van der Waals surface area contributed by atoms with E-state index < -0.39 is 0 Å². The van der Waals surface area contributed by atoms with Crippen LogP contribution in [-0.4, -0.2) is 15.9 Å². The topological polar surface area (TPSA) is 78.9 Å². The Bertz CT molecular complexity index is 1360. The number of benzene rings is 2. The van der Waals surface area contributed by atoms with Crippen molar-refractivity contribution in [2.24, 2.45) is 0 Å². The summed E-state index contributed by atoms with van der Waals surface area (Å²) in [7, 11) is 0. The molecule has 184 valence electrons. The number of anilines is 4. The molecule has 1 amide bonds. The number of pyridine rings is 2. The summed E-state index contributed by atoms with van der Waals surface area (Å²) in [5, 5.41) is 10.6. The molecule has 0 saturated heterocycles. The van der Waals surface area contributed by atoms with Gasteiger partial charge in [0.2, 0.25) is 0 Å². The highest BCUT2D eigenvalue weighted by atomic mass is 16.1. The molecule has 2 heterocycles. The van der Waals surface area contributed by atoms with Crippen LogP contribution in [0.25, 0.3) is 10.9 Å². The molecule has 0 aliphatic heterocycles. The highest BCUT2D eigenvalue weighted by Gasteiger charge is 2.09. The lowest BCUT2D eigenvalue weighted by atomic mass is 10.1. The fraction of sp³-hybridized carbons (Fsp3) is 0.167. The number of hydrogen-bond acceptors (Lipinski definition) is 5. The van der Waals surface area contributed by atoms with Crippen molar-refractivity contribution < 1.29 is 4.79 Å². The summed E-state index contributed by atoms with van der Waals surface area (Å²) in [4.78, 5) is 21.5. The van der Waals surface area contributed by atoms with E-state index in [-0.39, 0.29) is 5.91 Å². The second-order valence-electron chi connectivity index (χ2n) is 7.84. The maximum Gasteiger partial charge on any atom is 0.257 e. The molecule has 6 heteroatoms. The van der Waals surface area contributed by atoms with Crippen molar-refractivity contribution in [3.63, 3.8) is 0 Å². The maximum atomic E-state index is 12.7. The average molecular weight is 480 g/mol. The van der Waals surface area contributed by atoms with Gasteiger partial charge in [0, 0.05) is 34.9 Å². The Morgan fingerprint density at radius 1 is 0.861 bits per heavy atom. The fourth-order valence-corrected chi connectivity index (χ4v) is 3.51. The number of allylic oxidation sites excluding steroid dienone is 3. The van der Waals surface area contributed by atoms with E-state index in [1.54, 1.807) is 24.5 Å². The van der Waals surface area contributed by atoms with Gasteiger partial charge in [-0.1, -0.05) is 37.6 Å². The SMILES string of the molecule is C/C=C\C(=C/C)Nc1ccc(NC(=O)c2ccc(Nc3ccnc4ccc(C)cc34)nc2)cc1.CC. The van der Waals surface area contributed by atoms with E-state index in [0.717, 1.165) is 33.5 Å². The smallest absolute Gasteiger partial charge is 0.257 e. The molecule has 0 radical (unpaired) electrons. The average Bonchev–Trinajstić information content (AvgIpc) is 2.91. The van der Waals surface area contributed by atoms with Gasteiger partial charge in [0.05, 0.1) is 16.8 Å². The van der Waals surface area contributed by atoms with E-state index in [1.165, 1.54) is 0 Å². The van der Waals surface area contributed by atoms with Crippen molar-refractivity contribution in [3.05, 3.63) is 108 Å². The number of hydrogen-bond donors (Lipinski definition) is 3. The summed E-state index contributed by atoms with van der Waals surface area (Å²) >= 11 is 0. The molecule has 2 aromatic carbocycles. The minimum atomic E-state index is -0.215. The first-order valence-corrected chi connectivity index (χ1v) is 12.1. The van der Waals surface area contributed by atoms with Crippen LogP contribution in [-0.2, 0) is 0 Å². The first-order valence-electron chi connectivity index (χ1n) is 12.1. The predicted molar refractivity (Wildman–Crippen MR) is 152 cm³/mol. The Morgan fingerprint density at radius 3 is 2.22 bits per heavy atom. The molecule has 36 heavy (non-hydrogen) atoms. The van der Waals surface area contributed by atoms with E-state index in [2.05, 4.69) is 38.9 Å². The molecule has 4 aromatic rings. The standard InChI is InChI=1S/C28H27N5O.C2H6/c1-4-6-21(5-2)31-22-9-11-23(12-10-22)32-28(34)20-8-14-27(30-18-20)33-26-15-16-29-25-13-7-19(3)17-24(25)26;1-2/h4-18,31H,1-3H3,(H,32,34)(H,29,30,33);1-2H3/b6-4-,21-5+;. The van der Waals surface area contributed by atoms with Crippen molar-refractivity contribution in [2.45, 2.75) is 34.6 Å². The number of amides is 1. The number of nitrogens with one attached hydrogen (secondary N) is 3. The van der Waals surface area contributed by atoms with Crippen LogP contribution in [0.15, 0.2) is 97.0 Å². The number of rotatable bonds is 7. The molecule has 0 saturated carbocycles. The van der Waals surface area contributed by atoms with E-state index in [1.807, 2.05) is 88.4 Å². The number of aryl methyl sites for hydroxylation is 1. The number of nitrogens with zero attached hydrogens (tertiary/aromatic N) is 2. The molecule has 0 aliphatic rings. The Labute approximate surface area is 213 Å². The van der Waals surface area contributed by atoms with Crippen LogP contribution in [0.3, 0.4) is 0 Å². The second kappa shape index (κ2) is 12.9. The van der Waals surface area contributed by atoms with Crippen LogP contribution >= 0.6 is 0 Å². The largest absolute Gasteiger partial charge is 0.356 e. The zero-order chi connectivity index (χ0) is 25.9. The van der Waals surface area contributed by atoms with E-state index in [4.69, 9.17) is 0 Å². The lowest BCUT2D eigenvalue weighted by Crippen LogP contribution is -2.12. The molecule has 2 aromatic heterocycles. The number of aromatic nitrogens is 2. The Morgan fingerprint density at radius 2 is 1.58 bits per heavy atom. The minimum Gasteiger partial charge on any atom is -0.356 e. The molecule has 4 rings (SSSR count). The maximum absolute atomic E-state index is 12.7. The highest BCUT2D eigenvalue weighted by molar-refractivity contribution is 6.04. The lowest BCUT2D eigenvalue weighted by molar-refractivity contribution is 0.102. The van der Waals surface area contributed by atoms with Gasteiger partial charge in [0.25, 0.3) is 5.91 Å². The van der Waals surface area contributed by atoms with Gasteiger partial charge in [0.15, 0.2) is 0 Å². The Kier molecular flexibility index (Phi) is 9.34. The molecule has 3 N–H and O–H groups in total. The van der Waals surface area contributed by atoms with Crippen molar-refractivity contribution in [3.8, 4) is 0 Å². The summed E-state index contributed by atoms with van der Waals surface area (Å²) in [5.74, 6) is 0.440. The monoisotopic (exact) mass is 479 g/mol. The van der Waals surface area contributed by atoms with E-state index in [0.29, 0.717) is 17.1 Å². The third-order valence-corrected chi connectivity index (χ3v) is 5.27. The summed E-state index contributed by atoms with van der Waals surface area (Å²) in [5.41, 5.74) is 6.14. The van der Waals surface area contributed by atoms with Gasteiger partial charge in [-0.25, -0.2) is 4.98 Å². The molecular weight excluding hydrogens is 446 g/mol. The molecule has 0 atom stereocenters. The van der Waals surface area contributed by atoms with Crippen molar-refractivity contribution in [2.75, 3.05) is 16.0 Å². The van der Waals surface area contributed by atoms with Gasteiger partial charge in [0.1, 0.15) is 5.82 Å². The minimum absolute atomic E-state index is 0.215. The van der Waals surface area contributed by atoms with Crippen LogP contribution in [0, 0.1) is 6.92 Å². The second-order valence-corrected chi connectivity index (χ2v) is 7.84. The van der Waals surface area contributed by atoms with Gasteiger partial charge in [-0.3, -0.25) is 9.78 Å². The van der Waals surface area contributed by atoms with Crippen LogP contribution in [0.4, 0.5) is 22.9 Å². The summed E-state index contributed by atoms with van der Waals surface area (Å²) < 4.78 is 0. The third kappa shape index (κ3) is 6.79. The summed E-state index contributed by atoms with van der Waals surface area (Å²) in [6, 6.07) is 19.2. The van der Waals surface area contributed by atoms with Gasteiger partial charge in [-0.05, 0) is 81.4 Å². The van der Waals surface area contributed by atoms with Crippen molar-refractivity contribution in [1.29, 1.82) is 0 Å². The fourth-order valence-electron chi connectivity index (χ4n) is 3.51. The molecule has 0 bridgehead atoms. The molecule has 0 fully saturated rings. The molecule has 0 aliphatic carbocycles. The van der Waals surface area contributed by atoms with Crippen LogP contribution < -0.4 is 16.0 Å². The van der Waals surface area contributed by atoms with Gasteiger partial charge in [-0.2, -0.15) is 0 Å². The Balaban J connectivity index is 0.00000176. The van der Waals surface area contributed by atoms with Crippen molar-refractivity contribution in [1.82, 2.24) is 9.97 Å². The highest BCUT2D eigenvalue weighted by Crippen LogP contribution is 2.25. The number of carbonyl (C=O) groups excluding carboxylic acids is 1. The first-order chi connectivity index (χ1) is 17.6. The quantitative estimate of drug-likeness (QED) is 0.235. The van der Waals surface area contributed by atoms with E-state index >= 15 is 0 Å². The normalized spacial score (nSPS) is 11.1. The molecular formula is C30H33N5O. The predicted octanol–water partition coefficient (Wildman–Crippen LogP) is 7.85. The van der Waals surface area contributed by atoms with Gasteiger partial charge in [-0.15, -0.1) is 0 Å². The summed E-state index contributed by atoms with van der Waals surface area (Å²) in [6.07, 6.45) is 9.31. The summed E-state index contributed by atoms with van der Waals surface area (Å²) in [6.45, 7) is 10.0. The lowest BCUT2D eigenvalue weighted by Gasteiger charge is -2.11. The van der Waals surface area contributed by atoms with Crippen LogP contribution in [0.1, 0.15) is 43.6 Å². The number of fused-ring (bicyclic) bond motifs is 1. The molecule has 0 spiro atoms. The zero-order valence-electron chi connectivity index (χ0n) is 21.5. The molecule has 0 unspecified atom stereocenters. The zero-order valence-corrected chi connectivity index (χ0v) is 21.5. The first kappa shape index (κ1) is 26.2. The third-order valence-electron chi connectivity index (χ3n) is 5.27. The van der Waals surface area contributed by atoms with Crippen LogP contribution in [0.2, 0.25) is 0 Å².